The largest absolute Gasteiger partial charge is 0.497 e. The number of aromatic nitrogens is 2. The first kappa shape index (κ1) is 17.9. The minimum absolute atomic E-state index is 0.106. The molecule has 0 radical (unpaired) electrons. The maximum Gasteiger partial charge on any atom is 0.195 e. The molecular formula is C21H22N4O3. The Kier molecular flexibility index (Phi) is 4.03. The number of aromatic amines is 1. The fourth-order valence-electron chi connectivity index (χ4n) is 3.62. The summed E-state index contributed by atoms with van der Waals surface area (Å²) in [6.07, 6.45) is 0. The van der Waals surface area contributed by atoms with Crippen LogP contribution in [0.1, 0.15) is 19.7 Å². The number of rotatable bonds is 4. The number of H-pyrrole nitrogens is 1. The summed E-state index contributed by atoms with van der Waals surface area (Å²) in [6.45, 7) is 3.67. The number of Topliss-reactive ketones (excluding diaryl/α,β-unsaturated/α-hetero) is 1. The minimum atomic E-state index is -0.893. The van der Waals surface area contributed by atoms with Crippen molar-refractivity contribution in [2.45, 2.75) is 19.4 Å². The van der Waals surface area contributed by atoms with Crippen LogP contribution in [0, 0.1) is 0 Å². The van der Waals surface area contributed by atoms with Crippen LogP contribution in [0.15, 0.2) is 48.3 Å². The molecule has 0 fully saturated rings. The highest BCUT2D eigenvalue weighted by Crippen LogP contribution is 2.42. The Balaban J connectivity index is 1.89. The number of carbonyl (C=O) groups is 1. The Hall–Kier alpha value is -3.48. The second-order valence-corrected chi connectivity index (χ2v) is 7.16. The number of hydrogen-bond acceptors (Lipinski definition) is 6. The number of anilines is 1. The fourth-order valence-corrected chi connectivity index (χ4v) is 3.62. The highest BCUT2D eigenvalue weighted by Gasteiger charge is 2.47. The maximum absolute atomic E-state index is 13.3. The molecule has 0 spiro atoms. The van der Waals surface area contributed by atoms with Crippen LogP contribution in [-0.2, 0) is 4.79 Å². The number of carbonyl (C=O) groups excluding carboxylic acids is 1. The molecule has 0 saturated carbocycles. The molecule has 7 heteroatoms. The molecule has 1 aliphatic heterocycles. The van der Waals surface area contributed by atoms with Gasteiger partial charge < -0.3 is 25.1 Å². The molecule has 2 heterocycles. The number of para-hydroxylation sites is 2. The lowest BCUT2D eigenvalue weighted by Crippen LogP contribution is -2.45. The number of fused-ring (bicyclic) bond motifs is 1. The molecule has 0 unspecified atom stereocenters. The number of nitrogens with two attached hydrogens (primary N) is 1. The number of nitrogens with one attached hydrogen (secondary N) is 1. The van der Waals surface area contributed by atoms with Crippen LogP contribution in [0.25, 0.3) is 16.6 Å². The molecule has 1 aromatic heterocycles. The van der Waals surface area contributed by atoms with E-state index < -0.39 is 5.54 Å². The third-order valence-corrected chi connectivity index (χ3v) is 5.06. The monoisotopic (exact) mass is 378 g/mol. The highest BCUT2D eigenvalue weighted by atomic mass is 16.5. The predicted octanol–water partition coefficient (Wildman–Crippen LogP) is 3.08. The van der Waals surface area contributed by atoms with Crippen molar-refractivity contribution in [2.24, 2.45) is 5.73 Å². The van der Waals surface area contributed by atoms with Crippen LogP contribution < -0.4 is 20.1 Å². The Bertz CT molecular complexity index is 1060. The molecule has 28 heavy (non-hydrogen) atoms. The van der Waals surface area contributed by atoms with Gasteiger partial charge in [-0.25, -0.2) is 4.98 Å². The average molecular weight is 378 g/mol. The number of ether oxygens (including phenoxy) is 2. The zero-order chi connectivity index (χ0) is 20.1. The molecule has 0 atom stereocenters. The van der Waals surface area contributed by atoms with Gasteiger partial charge in [0.25, 0.3) is 0 Å². The summed E-state index contributed by atoms with van der Waals surface area (Å²) in [4.78, 5) is 22.9. The first-order chi connectivity index (χ1) is 13.4. The van der Waals surface area contributed by atoms with Gasteiger partial charge >= 0.3 is 0 Å². The molecule has 3 aromatic rings. The van der Waals surface area contributed by atoms with Crippen LogP contribution in [-0.4, -0.2) is 35.5 Å². The summed E-state index contributed by atoms with van der Waals surface area (Å²) in [5, 5.41) is 0. The van der Waals surface area contributed by atoms with Crippen molar-refractivity contribution in [3.63, 3.8) is 0 Å². The van der Waals surface area contributed by atoms with Gasteiger partial charge in [0.2, 0.25) is 0 Å². The van der Waals surface area contributed by atoms with Gasteiger partial charge in [-0.1, -0.05) is 12.1 Å². The van der Waals surface area contributed by atoms with Crippen LogP contribution in [0.5, 0.6) is 11.5 Å². The van der Waals surface area contributed by atoms with Crippen molar-refractivity contribution in [1.82, 2.24) is 9.97 Å². The fraction of sp³-hybridized carbons (Fsp3) is 0.238. The van der Waals surface area contributed by atoms with E-state index in [1.807, 2.05) is 50.2 Å². The molecule has 4 rings (SSSR count). The number of hydrogen-bond donors (Lipinski definition) is 2. The van der Waals surface area contributed by atoms with E-state index in [4.69, 9.17) is 15.2 Å². The number of ketones is 1. The molecule has 1 aliphatic rings. The van der Waals surface area contributed by atoms with Crippen LogP contribution in [0.4, 0.5) is 5.69 Å². The number of imidazole rings is 1. The van der Waals surface area contributed by atoms with E-state index in [-0.39, 0.29) is 5.78 Å². The first-order valence-corrected chi connectivity index (χ1v) is 8.89. The smallest absolute Gasteiger partial charge is 0.195 e. The summed E-state index contributed by atoms with van der Waals surface area (Å²) < 4.78 is 10.7. The van der Waals surface area contributed by atoms with E-state index in [1.54, 1.807) is 25.2 Å². The minimum Gasteiger partial charge on any atom is -0.497 e. The van der Waals surface area contributed by atoms with E-state index in [1.165, 1.54) is 0 Å². The van der Waals surface area contributed by atoms with Gasteiger partial charge in [0, 0.05) is 18.2 Å². The van der Waals surface area contributed by atoms with Crippen LogP contribution >= 0.6 is 0 Å². The second-order valence-electron chi connectivity index (χ2n) is 7.16. The lowest BCUT2D eigenvalue weighted by Gasteiger charge is -2.33. The van der Waals surface area contributed by atoms with Crippen molar-refractivity contribution in [3.05, 3.63) is 54.1 Å². The third kappa shape index (κ3) is 2.58. The van der Waals surface area contributed by atoms with Gasteiger partial charge in [-0.05, 0) is 26.0 Å². The van der Waals surface area contributed by atoms with E-state index in [0.717, 1.165) is 11.0 Å². The Morgan fingerprint density at radius 3 is 2.32 bits per heavy atom. The van der Waals surface area contributed by atoms with E-state index in [0.29, 0.717) is 34.4 Å². The van der Waals surface area contributed by atoms with E-state index in [9.17, 15) is 4.79 Å². The molecule has 2 aromatic carbocycles. The van der Waals surface area contributed by atoms with Gasteiger partial charge in [-0.2, -0.15) is 0 Å². The quantitative estimate of drug-likeness (QED) is 0.725. The standard InChI is InChI=1S/C21H22N4O3/c1-21(2)18(26)17(20-23-15-7-5-6-8-16(15)24-20)19(22)25(21)12-9-13(27-3)11-14(10-12)28-4/h5-11H,22H2,1-4H3,(H,23,24). The topological polar surface area (TPSA) is 93.5 Å². The number of nitrogens with zero attached hydrogens (tertiary/aromatic N) is 2. The first-order valence-electron chi connectivity index (χ1n) is 8.89. The van der Waals surface area contributed by atoms with Crippen molar-refractivity contribution >= 4 is 28.1 Å². The zero-order valence-electron chi connectivity index (χ0n) is 16.2. The highest BCUT2D eigenvalue weighted by molar-refractivity contribution is 6.29. The molecule has 144 valence electrons. The third-order valence-electron chi connectivity index (χ3n) is 5.06. The van der Waals surface area contributed by atoms with E-state index >= 15 is 0 Å². The normalized spacial score (nSPS) is 16.1. The zero-order valence-corrected chi connectivity index (χ0v) is 16.2. The Morgan fingerprint density at radius 1 is 1.07 bits per heavy atom. The molecule has 0 aliphatic carbocycles. The van der Waals surface area contributed by atoms with Crippen LogP contribution in [0.3, 0.4) is 0 Å². The molecule has 0 saturated heterocycles. The van der Waals surface area contributed by atoms with Crippen molar-refractivity contribution in [1.29, 1.82) is 0 Å². The molecule has 0 amide bonds. The summed E-state index contributed by atoms with van der Waals surface area (Å²) in [5.74, 6) is 1.93. The molecular weight excluding hydrogens is 356 g/mol. The average Bonchev–Trinajstić information content (AvgIpc) is 3.17. The van der Waals surface area contributed by atoms with Gasteiger partial charge in [0.15, 0.2) is 5.78 Å². The molecule has 3 N–H and O–H groups in total. The van der Waals surface area contributed by atoms with Gasteiger partial charge in [-0.15, -0.1) is 0 Å². The van der Waals surface area contributed by atoms with Crippen molar-refractivity contribution in [2.75, 3.05) is 19.1 Å². The summed E-state index contributed by atoms with van der Waals surface area (Å²) in [7, 11) is 3.16. The summed E-state index contributed by atoms with van der Waals surface area (Å²) in [5.41, 5.74) is 8.33. The Morgan fingerprint density at radius 2 is 1.71 bits per heavy atom. The number of benzene rings is 2. The lowest BCUT2D eigenvalue weighted by atomic mass is 9.95. The lowest BCUT2D eigenvalue weighted by molar-refractivity contribution is -0.116. The van der Waals surface area contributed by atoms with Crippen molar-refractivity contribution < 1.29 is 14.3 Å². The second kappa shape index (κ2) is 6.30. The van der Waals surface area contributed by atoms with Gasteiger partial charge in [0.1, 0.15) is 34.3 Å². The summed E-state index contributed by atoms with van der Waals surface area (Å²) in [6, 6.07) is 13.0. The Labute approximate surface area is 162 Å². The summed E-state index contributed by atoms with van der Waals surface area (Å²) >= 11 is 0. The molecule has 0 bridgehead atoms. The van der Waals surface area contributed by atoms with Crippen LogP contribution in [0.2, 0.25) is 0 Å². The number of methoxy groups -OCH3 is 2. The maximum atomic E-state index is 13.3. The van der Waals surface area contributed by atoms with Crippen molar-refractivity contribution in [3.8, 4) is 11.5 Å². The predicted molar refractivity (Wildman–Crippen MR) is 108 cm³/mol. The van der Waals surface area contributed by atoms with Gasteiger partial charge in [-0.3, -0.25) is 4.79 Å². The van der Waals surface area contributed by atoms with E-state index in [2.05, 4.69) is 9.97 Å². The van der Waals surface area contributed by atoms with Gasteiger partial charge in [0.05, 0.1) is 30.9 Å². The molecule has 7 nitrogen and oxygen atoms in total. The SMILES string of the molecule is COc1cc(OC)cc(N2C(N)=C(c3nc4ccccc4[nH]3)C(=O)C2(C)C)c1.